The molecule has 0 aliphatic heterocycles. The first-order valence-electron chi connectivity index (χ1n) is 5.11. The van der Waals surface area contributed by atoms with E-state index in [2.05, 4.69) is 15.6 Å². The lowest BCUT2D eigenvalue weighted by atomic mass is 10.2. The van der Waals surface area contributed by atoms with E-state index >= 15 is 0 Å². The molecule has 0 bridgehead atoms. The molecule has 1 aromatic rings. The number of anilines is 1. The van der Waals surface area contributed by atoms with E-state index in [1.165, 1.54) is 0 Å². The minimum absolute atomic E-state index is 0.0105. The molecule has 0 aliphatic carbocycles. The maximum absolute atomic E-state index is 11.8. The molecule has 1 aromatic heterocycles. The minimum Gasteiger partial charge on any atom is -0.383 e. The van der Waals surface area contributed by atoms with Gasteiger partial charge >= 0.3 is 0 Å². The Balaban J connectivity index is 2.65. The molecule has 0 saturated carbocycles. The van der Waals surface area contributed by atoms with Gasteiger partial charge in [0.1, 0.15) is 5.82 Å². The van der Waals surface area contributed by atoms with Gasteiger partial charge in [-0.3, -0.25) is 4.79 Å². The third kappa shape index (κ3) is 3.51. The van der Waals surface area contributed by atoms with Crippen molar-refractivity contribution in [2.24, 2.45) is 0 Å². The number of nitrogens with zero attached hydrogens (tertiary/aromatic N) is 1. The van der Waals surface area contributed by atoms with Gasteiger partial charge in [0.05, 0.1) is 6.61 Å². The molecule has 2 N–H and O–H groups in total. The van der Waals surface area contributed by atoms with Gasteiger partial charge in [0.15, 0.2) is 0 Å². The summed E-state index contributed by atoms with van der Waals surface area (Å²) < 4.78 is 4.95. The number of methoxy groups -OCH3 is 1. The molecular formula is C11H17N3O2. The SMILES string of the molecule is CNc1cc(C(=O)NC(C)COC)ccn1. The molecule has 0 saturated heterocycles. The van der Waals surface area contributed by atoms with Crippen molar-refractivity contribution in [3.63, 3.8) is 0 Å². The van der Waals surface area contributed by atoms with Crippen LogP contribution in [-0.2, 0) is 4.74 Å². The van der Waals surface area contributed by atoms with Crippen molar-refractivity contribution in [2.75, 3.05) is 26.1 Å². The molecule has 88 valence electrons. The quantitative estimate of drug-likeness (QED) is 0.778. The summed E-state index contributed by atoms with van der Waals surface area (Å²) in [5.74, 6) is 0.551. The van der Waals surface area contributed by atoms with E-state index in [1.54, 1.807) is 32.5 Å². The smallest absolute Gasteiger partial charge is 0.251 e. The topological polar surface area (TPSA) is 63.2 Å². The summed E-state index contributed by atoms with van der Waals surface area (Å²) in [7, 11) is 3.37. The van der Waals surface area contributed by atoms with Crippen LogP contribution in [0.15, 0.2) is 18.3 Å². The molecule has 5 heteroatoms. The third-order valence-electron chi connectivity index (χ3n) is 2.07. The summed E-state index contributed by atoms with van der Waals surface area (Å²) in [5, 5.41) is 5.71. The minimum atomic E-state index is -0.122. The van der Waals surface area contributed by atoms with Gasteiger partial charge in [-0.05, 0) is 19.1 Å². The fourth-order valence-corrected chi connectivity index (χ4v) is 1.31. The van der Waals surface area contributed by atoms with Crippen LogP contribution in [0.4, 0.5) is 5.82 Å². The lowest BCUT2D eigenvalue weighted by Crippen LogP contribution is -2.35. The molecule has 0 fully saturated rings. The molecule has 1 unspecified atom stereocenters. The van der Waals surface area contributed by atoms with Gasteiger partial charge in [-0.2, -0.15) is 0 Å². The molecular weight excluding hydrogens is 206 g/mol. The van der Waals surface area contributed by atoms with Gasteiger partial charge < -0.3 is 15.4 Å². The van der Waals surface area contributed by atoms with E-state index in [0.717, 1.165) is 0 Å². The fraction of sp³-hybridized carbons (Fsp3) is 0.455. The van der Waals surface area contributed by atoms with Gasteiger partial charge in [0.2, 0.25) is 0 Å². The van der Waals surface area contributed by atoms with Crippen molar-refractivity contribution < 1.29 is 9.53 Å². The van der Waals surface area contributed by atoms with E-state index in [4.69, 9.17) is 4.74 Å². The molecule has 1 rings (SSSR count). The van der Waals surface area contributed by atoms with Crippen LogP contribution in [0.2, 0.25) is 0 Å². The normalized spacial score (nSPS) is 11.9. The Morgan fingerprint density at radius 3 is 3.00 bits per heavy atom. The highest BCUT2D eigenvalue weighted by Gasteiger charge is 2.09. The van der Waals surface area contributed by atoms with Gasteiger partial charge in [-0.15, -0.1) is 0 Å². The van der Waals surface area contributed by atoms with Gasteiger partial charge in [0, 0.05) is 32.0 Å². The third-order valence-corrected chi connectivity index (χ3v) is 2.07. The number of rotatable bonds is 5. The predicted molar refractivity (Wildman–Crippen MR) is 62.6 cm³/mol. The second-order valence-electron chi connectivity index (χ2n) is 3.51. The molecule has 0 spiro atoms. The summed E-state index contributed by atoms with van der Waals surface area (Å²) in [4.78, 5) is 15.8. The Morgan fingerprint density at radius 1 is 1.62 bits per heavy atom. The molecule has 1 atom stereocenters. The van der Waals surface area contributed by atoms with Crippen molar-refractivity contribution in [3.05, 3.63) is 23.9 Å². The van der Waals surface area contributed by atoms with E-state index in [1.807, 2.05) is 6.92 Å². The van der Waals surface area contributed by atoms with Crippen molar-refractivity contribution in [1.82, 2.24) is 10.3 Å². The highest BCUT2D eigenvalue weighted by Crippen LogP contribution is 2.05. The van der Waals surface area contributed by atoms with Crippen LogP contribution in [0.1, 0.15) is 17.3 Å². The number of hydrogen-bond acceptors (Lipinski definition) is 4. The zero-order chi connectivity index (χ0) is 12.0. The van der Waals surface area contributed by atoms with Crippen molar-refractivity contribution in [2.45, 2.75) is 13.0 Å². The molecule has 1 heterocycles. The average Bonchev–Trinajstić information content (AvgIpc) is 2.29. The van der Waals surface area contributed by atoms with Crippen molar-refractivity contribution in [3.8, 4) is 0 Å². The van der Waals surface area contributed by atoms with Gasteiger partial charge in [-0.25, -0.2) is 4.98 Å². The maximum Gasteiger partial charge on any atom is 0.251 e. The Hall–Kier alpha value is -1.62. The van der Waals surface area contributed by atoms with Crippen LogP contribution in [0.5, 0.6) is 0 Å². The van der Waals surface area contributed by atoms with E-state index < -0.39 is 0 Å². The summed E-state index contributed by atoms with van der Waals surface area (Å²) >= 11 is 0. The van der Waals surface area contributed by atoms with Crippen LogP contribution in [0, 0.1) is 0 Å². The molecule has 0 radical (unpaired) electrons. The standard InChI is InChI=1S/C11H17N3O2/c1-8(7-16-3)14-11(15)9-4-5-13-10(6-9)12-2/h4-6,8H,7H2,1-3H3,(H,12,13)(H,14,15). The molecule has 16 heavy (non-hydrogen) atoms. The number of carbonyl (C=O) groups excluding carboxylic acids is 1. The lowest BCUT2D eigenvalue weighted by Gasteiger charge is -2.12. The Bertz CT molecular complexity index is 355. The number of hydrogen-bond donors (Lipinski definition) is 2. The first-order chi connectivity index (χ1) is 7.67. The van der Waals surface area contributed by atoms with Crippen LogP contribution in [0.3, 0.4) is 0 Å². The highest BCUT2D eigenvalue weighted by atomic mass is 16.5. The predicted octanol–water partition coefficient (Wildman–Crippen LogP) is 0.888. The second kappa shape index (κ2) is 6.07. The fourth-order valence-electron chi connectivity index (χ4n) is 1.31. The first-order valence-corrected chi connectivity index (χ1v) is 5.11. The Labute approximate surface area is 95.2 Å². The van der Waals surface area contributed by atoms with Crippen LogP contribution in [-0.4, -0.2) is 37.7 Å². The molecule has 5 nitrogen and oxygen atoms in total. The van der Waals surface area contributed by atoms with Gasteiger partial charge in [0.25, 0.3) is 5.91 Å². The van der Waals surface area contributed by atoms with Crippen LogP contribution >= 0.6 is 0 Å². The first kappa shape index (κ1) is 12.4. The number of nitrogens with one attached hydrogen (secondary N) is 2. The number of amides is 1. The number of carbonyl (C=O) groups is 1. The zero-order valence-electron chi connectivity index (χ0n) is 9.78. The average molecular weight is 223 g/mol. The molecule has 0 aromatic carbocycles. The summed E-state index contributed by atoms with van der Waals surface area (Å²) in [6, 6.07) is 3.37. The molecule has 0 aliphatic rings. The number of aromatic nitrogens is 1. The molecule has 1 amide bonds. The monoisotopic (exact) mass is 223 g/mol. The maximum atomic E-state index is 11.8. The van der Waals surface area contributed by atoms with Crippen molar-refractivity contribution >= 4 is 11.7 Å². The zero-order valence-corrected chi connectivity index (χ0v) is 9.78. The second-order valence-corrected chi connectivity index (χ2v) is 3.51. The largest absolute Gasteiger partial charge is 0.383 e. The summed E-state index contributed by atoms with van der Waals surface area (Å²) in [5.41, 5.74) is 0.585. The van der Waals surface area contributed by atoms with E-state index in [9.17, 15) is 4.79 Å². The van der Waals surface area contributed by atoms with Gasteiger partial charge in [-0.1, -0.05) is 0 Å². The van der Waals surface area contributed by atoms with Crippen molar-refractivity contribution in [1.29, 1.82) is 0 Å². The number of pyridine rings is 1. The Morgan fingerprint density at radius 2 is 2.38 bits per heavy atom. The summed E-state index contributed by atoms with van der Waals surface area (Å²) in [6.07, 6.45) is 1.60. The lowest BCUT2D eigenvalue weighted by molar-refractivity contribution is 0.0905. The van der Waals surface area contributed by atoms with Crippen LogP contribution < -0.4 is 10.6 Å². The van der Waals surface area contributed by atoms with E-state index in [0.29, 0.717) is 18.0 Å². The Kier molecular flexibility index (Phi) is 4.72. The summed E-state index contributed by atoms with van der Waals surface area (Å²) in [6.45, 7) is 2.39. The van der Waals surface area contributed by atoms with E-state index in [-0.39, 0.29) is 11.9 Å². The highest BCUT2D eigenvalue weighted by molar-refractivity contribution is 5.94. The van der Waals surface area contributed by atoms with Crippen LogP contribution in [0.25, 0.3) is 0 Å². The number of ether oxygens (including phenoxy) is 1.